The zero-order valence-corrected chi connectivity index (χ0v) is 36.6. The van der Waals surface area contributed by atoms with E-state index in [1.54, 1.807) is 107 Å². The molecule has 6 heterocycles. The van der Waals surface area contributed by atoms with E-state index in [-0.39, 0.29) is 35.5 Å². The molecule has 0 radical (unpaired) electrons. The van der Waals surface area contributed by atoms with Gasteiger partial charge in [-0.25, -0.2) is 28.1 Å². The fourth-order valence-corrected chi connectivity index (χ4v) is 7.62. The molecule has 0 aliphatic carbocycles. The van der Waals surface area contributed by atoms with Crippen LogP contribution in [-0.2, 0) is 10.8 Å². The number of aliphatic hydroxyl groups is 1. The topological polar surface area (TPSA) is 183 Å². The lowest BCUT2D eigenvalue weighted by Gasteiger charge is -2.18. The van der Waals surface area contributed by atoms with E-state index in [2.05, 4.69) is 40.8 Å². The number of nitrogens with zero attached hydrogens (tertiary/aromatic N) is 8. The number of benzene rings is 2. The average Bonchev–Trinajstić information content (AvgIpc) is 3.96. The van der Waals surface area contributed by atoms with Gasteiger partial charge in [0.25, 0.3) is 11.8 Å². The van der Waals surface area contributed by atoms with Crippen molar-refractivity contribution in [1.29, 1.82) is 0 Å². The fraction of sp³-hybridized carbons (Fsp3) is 0.200. The van der Waals surface area contributed by atoms with E-state index in [9.17, 15) is 22.6 Å². The van der Waals surface area contributed by atoms with E-state index < -0.39 is 10.8 Å². The van der Waals surface area contributed by atoms with Gasteiger partial charge in [0.05, 0.1) is 86.2 Å². The van der Waals surface area contributed by atoms with Gasteiger partial charge in [-0.05, 0) is 103 Å². The molecular weight excluding hydrogens is 847 g/mol. The Balaban J connectivity index is 0.000000202. The number of fused-ring (bicyclic) bond motifs is 2. The number of aromatic nitrogens is 8. The van der Waals surface area contributed by atoms with Crippen LogP contribution in [0.5, 0.6) is 0 Å². The highest BCUT2D eigenvalue weighted by molar-refractivity contribution is 7.98. The number of hydrogen-bond donors (Lipinski definition) is 3. The van der Waals surface area contributed by atoms with Crippen molar-refractivity contribution >= 4 is 56.2 Å². The monoisotopic (exact) mass is 890 g/mol. The molecule has 14 nitrogen and oxygen atoms in total. The molecule has 3 N–H and O–H groups in total. The lowest BCUT2D eigenvalue weighted by Crippen LogP contribution is -2.28. The first-order valence-corrected chi connectivity index (χ1v) is 22.4. The van der Waals surface area contributed by atoms with Crippen molar-refractivity contribution in [2.24, 2.45) is 0 Å². The fourth-order valence-electron chi connectivity index (χ4n) is 6.69. The van der Waals surface area contributed by atoms with Crippen molar-refractivity contribution in [2.45, 2.75) is 48.8 Å². The van der Waals surface area contributed by atoms with Crippen molar-refractivity contribution in [2.75, 3.05) is 19.6 Å². The zero-order valence-electron chi connectivity index (χ0n) is 34.9. The quantitative estimate of drug-likeness (QED) is 0.102. The third-order valence-corrected chi connectivity index (χ3v) is 11.3. The maximum Gasteiger partial charge on any atom is 0.254 e. The van der Waals surface area contributed by atoms with Crippen LogP contribution in [0.3, 0.4) is 0 Å². The van der Waals surface area contributed by atoms with Crippen LogP contribution in [0, 0.1) is 11.6 Å². The number of carbonyl (C=O) groups excluding carboxylic acids is 2. The number of halogens is 2. The maximum absolute atomic E-state index is 13.3. The molecule has 3 atom stereocenters. The average molecular weight is 891 g/mol. The molecule has 0 fully saturated rings. The van der Waals surface area contributed by atoms with E-state index >= 15 is 0 Å². The summed E-state index contributed by atoms with van der Waals surface area (Å²) < 4.78 is 41.5. The minimum atomic E-state index is -1.21. The maximum atomic E-state index is 13.3. The van der Waals surface area contributed by atoms with E-state index in [1.807, 2.05) is 32.2 Å². The van der Waals surface area contributed by atoms with Gasteiger partial charge in [-0.1, -0.05) is 13.8 Å². The molecule has 2 amide bonds. The highest BCUT2D eigenvalue weighted by Crippen LogP contribution is 2.26. The van der Waals surface area contributed by atoms with Gasteiger partial charge in [0.2, 0.25) is 0 Å². The Morgan fingerprint density at radius 3 is 1.56 bits per heavy atom. The second-order valence-corrected chi connectivity index (χ2v) is 15.8. The van der Waals surface area contributed by atoms with Crippen LogP contribution in [0.15, 0.2) is 132 Å². The summed E-state index contributed by atoms with van der Waals surface area (Å²) in [5.74, 6) is -1.17. The summed E-state index contributed by atoms with van der Waals surface area (Å²) in [6.45, 7) is 3.98. The standard InChI is InChI=1S/C22H20FN5O2S.C22H20FN5OS.CH4O/c1-3-19(14-8-9-25-21(10-14)31(2)30)27-22(29)18-11-24-13-20-17(18)12-26-28(20)16-6-4-15(23)5-7-16;1-3-19(14-8-9-25-21(10-14)30-2)27-22(29)18-11-24-13-20-17(18)12-26-28(20)16-6-4-15(23)5-7-16;1-2/h4-13,19H,3H2,1-2H3,(H,27,29);4-13,19H,3H2,1-2H3,(H,27,29);2H,1H3/t19-,31?;19-;/m00./s1. The Kier molecular flexibility index (Phi) is 15.5. The summed E-state index contributed by atoms with van der Waals surface area (Å²) in [4.78, 5) is 43.0. The summed E-state index contributed by atoms with van der Waals surface area (Å²) in [5, 5.41) is 24.6. The predicted octanol–water partition coefficient (Wildman–Crippen LogP) is 7.74. The van der Waals surface area contributed by atoms with Crippen LogP contribution in [0.25, 0.3) is 33.2 Å². The molecule has 0 aliphatic rings. The van der Waals surface area contributed by atoms with Crippen molar-refractivity contribution in [3.8, 4) is 11.4 Å². The zero-order chi connectivity index (χ0) is 45.0. The van der Waals surface area contributed by atoms with Gasteiger partial charge >= 0.3 is 0 Å². The van der Waals surface area contributed by atoms with Crippen LogP contribution in [-0.4, -0.2) is 80.2 Å². The number of thioether (sulfide) groups is 1. The van der Waals surface area contributed by atoms with E-state index in [1.165, 1.54) is 30.5 Å². The van der Waals surface area contributed by atoms with Gasteiger partial charge in [0.1, 0.15) is 16.7 Å². The highest BCUT2D eigenvalue weighted by Gasteiger charge is 2.21. The Bertz CT molecular complexity index is 2860. The van der Waals surface area contributed by atoms with E-state index in [0.29, 0.717) is 55.8 Å². The molecule has 6 aromatic heterocycles. The first-order chi connectivity index (χ1) is 30.6. The minimum absolute atomic E-state index is 0.145. The third-order valence-electron chi connectivity index (χ3n) is 9.88. The second kappa shape index (κ2) is 21.4. The normalized spacial score (nSPS) is 12.3. The summed E-state index contributed by atoms with van der Waals surface area (Å²) >= 11 is 1.56. The number of aliphatic hydroxyl groups excluding tert-OH is 1. The van der Waals surface area contributed by atoms with Gasteiger partial charge in [-0.15, -0.1) is 11.8 Å². The van der Waals surface area contributed by atoms with Crippen molar-refractivity contribution in [3.63, 3.8) is 0 Å². The third kappa shape index (κ3) is 10.7. The highest BCUT2D eigenvalue weighted by atomic mass is 32.2. The van der Waals surface area contributed by atoms with E-state index in [4.69, 9.17) is 5.11 Å². The van der Waals surface area contributed by atoms with Crippen molar-refractivity contribution in [3.05, 3.63) is 156 Å². The predicted molar refractivity (Wildman–Crippen MR) is 239 cm³/mol. The van der Waals surface area contributed by atoms with Gasteiger partial charge in [0.15, 0.2) is 0 Å². The lowest BCUT2D eigenvalue weighted by molar-refractivity contribution is 0.0928. The second-order valence-electron chi connectivity index (χ2n) is 13.7. The molecule has 0 saturated heterocycles. The number of nitrogens with one attached hydrogen (secondary N) is 2. The largest absolute Gasteiger partial charge is 0.400 e. The Hall–Kier alpha value is -6.76. The summed E-state index contributed by atoms with van der Waals surface area (Å²) in [5.41, 5.74) is 5.34. The Labute approximate surface area is 368 Å². The molecule has 8 aromatic rings. The first kappa shape index (κ1) is 45.8. The van der Waals surface area contributed by atoms with Gasteiger partial charge in [0, 0.05) is 48.9 Å². The number of carbonyl (C=O) groups is 2. The number of hydrogen-bond acceptors (Lipinski definition) is 11. The molecule has 8 rings (SSSR count). The molecule has 63 heavy (non-hydrogen) atoms. The van der Waals surface area contributed by atoms with Crippen LogP contribution < -0.4 is 10.6 Å². The summed E-state index contributed by atoms with van der Waals surface area (Å²) in [6.07, 6.45) is 17.8. The Morgan fingerprint density at radius 2 is 1.13 bits per heavy atom. The summed E-state index contributed by atoms with van der Waals surface area (Å²) in [7, 11) is -0.210. The van der Waals surface area contributed by atoms with Gasteiger partial charge in [-0.3, -0.25) is 23.8 Å². The van der Waals surface area contributed by atoms with Crippen LogP contribution in [0.1, 0.15) is 70.6 Å². The minimum Gasteiger partial charge on any atom is -0.400 e. The van der Waals surface area contributed by atoms with Gasteiger partial charge < -0.3 is 15.7 Å². The molecule has 0 bridgehead atoms. The van der Waals surface area contributed by atoms with Gasteiger partial charge in [-0.2, -0.15) is 10.2 Å². The van der Waals surface area contributed by atoms with Crippen LogP contribution in [0.4, 0.5) is 8.78 Å². The molecule has 2 aromatic carbocycles. The molecule has 0 spiro atoms. The first-order valence-electron chi connectivity index (χ1n) is 19.6. The van der Waals surface area contributed by atoms with Crippen LogP contribution in [0.2, 0.25) is 0 Å². The van der Waals surface area contributed by atoms with E-state index in [0.717, 1.165) is 29.7 Å². The van der Waals surface area contributed by atoms with Crippen LogP contribution >= 0.6 is 11.8 Å². The molecular formula is C45H44F2N10O4S2. The smallest absolute Gasteiger partial charge is 0.254 e. The molecule has 1 unspecified atom stereocenters. The SMILES string of the molecule is CC[C@H](NC(=O)c1cncc2c1cnn2-c1ccc(F)cc1)c1ccnc(S(C)=O)c1.CC[C@H](NC(=O)c1cncc2c1cnn2-c1ccc(F)cc1)c1ccnc(SC)c1.CO. The number of amides is 2. The molecule has 324 valence electrons. The van der Waals surface area contributed by atoms with Crippen molar-refractivity contribution < 1.29 is 27.7 Å². The molecule has 0 saturated carbocycles. The lowest BCUT2D eigenvalue weighted by atomic mass is 10.1. The van der Waals surface area contributed by atoms with Crippen molar-refractivity contribution in [1.82, 2.24) is 50.1 Å². The number of rotatable bonds is 12. The number of pyridine rings is 4. The summed E-state index contributed by atoms with van der Waals surface area (Å²) in [6, 6.07) is 19.0. The molecule has 0 aliphatic heterocycles. The Morgan fingerprint density at radius 1 is 0.683 bits per heavy atom. The molecule has 18 heteroatoms.